The molecular weight excluding hydrogens is 348 g/mol. The molecule has 8 nitrogen and oxygen atoms in total. The normalized spacial score (nSPS) is 14.2. The van der Waals surface area contributed by atoms with Gasteiger partial charge in [-0.15, -0.1) is 0 Å². The molecule has 2 aromatic rings. The largest absolute Gasteiger partial charge is 0.493 e. The summed E-state index contributed by atoms with van der Waals surface area (Å²) in [5.41, 5.74) is 5.37. The number of nitrogens with two attached hydrogens (primary N) is 1. The Morgan fingerprint density at radius 3 is 2.56 bits per heavy atom. The molecule has 2 N–H and O–H groups in total. The van der Waals surface area contributed by atoms with Crippen molar-refractivity contribution >= 4 is 23.5 Å². The molecule has 1 aliphatic heterocycles. The van der Waals surface area contributed by atoms with E-state index in [0.29, 0.717) is 43.8 Å². The van der Waals surface area contributed by atoms with Crippen LogP contribution in [0.25, 0.3) is 0 Å². The minimum absolute atomic E-state index is 0.00352. The molecule has 1 aromatic heterocycles. The Kier molecular flexibility index (Phi) is 5.20. The lowest BCUT2D eigenvalue weighted by atomic mass is 10.3. The van der Waals surface area contributed by atoms with Gasteiger partial charge in [-0.25, -0.2) is 4.98 Å². The summed E-state index contributed by atoms with van der Waals surface area (Å²) in [6.45, 7) is 2.29. The highest BCUT2D eigenvalue weighted by Gasteiger charge is 2.24. The monoisotopic (exact) mass is 364 g/mol. The minimum Gasteiger partial charge on any atom is -0.493 e. The highest BCUT2D eigenvalue weighted by Crippen LogP contribution is 2.36. The number of para-hydroxylation sites is 2. The maximum atomic E-state index is 11.9. The number of aromatic nitrogens is 2. The summed E-state index contributed by atoms with van der Waals surface area (Å²) in [5.74, 6) is 0.400. The lowest BCUT2D eigenvalue weighted by Gasteiger charge is -2.27. The number of morpholine rings is 1. The second-order valence-corrected chi connectivity index (χ2v) is 5.57. The number of rotatable bonds is 5. The van der Waals surface area contributed by atoms with Gasteiger partial charge in [0.25, 0.3) is 5.91 Å². The lowest BCUT2D eigenvalue weighted by molar-refractivity contribution is 0.0992. The molecule has 2 heterocycles. The van der Waals surface area contributed by atoms with Gasteiger partial charge in [0, 0.05) is 13.1 Å². The molecule has 3 rings (SSSR count). The number of carbonyl (C=O) groups excluding carboxylic acids is 1. The average Bonchev–Trinajstić information content (AvgIpc) is 2.64. The van der Waals surface area contributed by atoms with Crippen LogP contribution in [0, 0.1) is 0 Å². The minimum atomic E-state index is -0.760. The second kappa shape index (κ2) is 7.54. The Balaban J connectivity index is 1.99. The van der Waals surface area contributed by atoms with E-state index in [0.717, 1.165) is 0 Å². The van der Waals surface area contributed by atoms with E-state index < -0.39 is 5.91 Å². The predicted octanol–water partition coefficient (Wildman–Crippen LogP) is 1.87. The van der Waals surface area contributed by atoms with E-state index in [1.54, 1.807) is 24.3 Å². The second-order valence-electron chi connectivity index (χ2n) is 5.21. The number of halogens is 1. The van der Waals surface area contributed by atoms with Gasteiger partial charge in [0.1, 0.15) is 0 Å². The van der Waals surface area contributed by atoms with Crippen molar-refractivity contribution in [1.82, 2.24) is 9.97 Å². The molecule has 0 aliphatic carbocycles. The third-order valence-electron chi connectivity index (χ3n) is 3.62. The average molecular weight is 365 g/mol. The van der Waals surface area contributed by atoms with Crippen LogP contribution < -0.4 is 20.1 Å². The van der Waals surface area contributed by atoms with Crippen molar-refractivity contribution in [2.45, 2.75) is 0 Å². The molecule has 1 aromatic carbocycles. The molecule has 1 aliphatic rings. The van der Waals surface area contributed by atoms with Gasteiger partial charge in [-0.3, -0.25) is 4.79 Å². The lowest BCUT2D eigenvalue weighted by Crippen LogP contribution is -2.37. The first-order valence-electron chi connectivity index (χ1n) is 7.61. The molecule has 0 bridgehead atoms. The number of carbonyl (C=O) groups is 1. The zero-order valence-electron chi connectivity index (χ0n) is 13.6. The molecular formula is C16H17ClN4O4. The van der Waals surface area contributed by atoms with E-state index in [2.05, 4.69) is 9.97 Å². The standard InChI is InChI=1S/C16H17ClN4O4/c1-23-10-4-2-3-5-11(10)25-13-12(15(18)22)19-16(20-14(13)17)21-6-8-24-9-7-21/h2-5H,6-9H2,1H3,(H2,18,22). The van der Waals surface area contributed by atoms with Gasteiger partial charge >= 0.3 is 0 Å². The van der Waals surface area contributed by atoms with E-state index in [1.807, 2.05) is 4.90 Å². The van der Waals surface area contributed by atoms with Crippen LogP contribution >= 0.6 is 11.6 Å². The smallest absolute Gasteiger partial charge is 0.271 e. The van der Waals surface area contributed by atoms with Gasteiger partial charge in [0.05, 0.1) is 20.3 Å². The SMILES string of the molecule is COc1ccccc1Oc1c(Cl)nc(N2CCOCC2)nc1C(N)=O. The predicted molar refractivity (Wildman–Crippen MR) is 91.7 cm³/mol. The van der Waals surface area contributed by atoms with Crippen LogP contribution in [0.2, 0.25) is 5.15 Å². The fraction of sp³-hybridized carbons (Fsp3) is 0.312. The van der Waals surface area contributed by atoms with Gasteiger partial charge in [0.15, 0.2) is 28.1 Å². The molecule has 0 spiro atoms. The van der Waals surface area contributed by atoms with Crippen molar-refractivity contribution in [3.63, 3.8) is 0 Å². The number of primary amides is 1. The van der Waals surface area contributed by atoms with Gasteiger partial charge in [-0.2, -0.15) is 4.98 Å². The topological polar surface area (TPSA) is 99.8 Å². The van der Waals surface area contributed by atoms with Crippen LogP contribution in [-0.4, -0.2) is 49.3 Å². The molecule has 1 saturated heterocycles. The molecule has 0 atom stereocenters. The van der Waals surface area contributed by atoms with E-state index in [1.165, 1.54) is 7.11 Å². The number of methoxy groups -OCH3 is 1. The zero-order valence-corrected chi connectivity index (χ0v) is 14.3. The number of anilines is 1. The van der Waals surface area contributed by atoms with Crippen molar-refractivity contribution in [3.8, 4) is 17.2 Å². The Hall–Kier alpha value is -2.58. The first-order chi connectivity index (χ1) is 12.1. The first kappa shape index (κ1) is 17.2. The Morgan fingerprint density at radius 2 is 1.92 bits per heavy atom. The van der Waals surface area contributed by atoms with Crippen molar-refractivity contribution in [3.05, 3.63) is 35.1 Å². The van der Waals surface area contributed by atoms with Crippen molar-refractivity contribution in [1.29, 1.82) is 0 Å². The summed E-state index contributed by atoms with van der Waals surface area (Å²) in [7, 11) is 1.51. The maximum Gasteiger partial charge on any atom is 0.271 e. The van der Waals surface area contributed by atoms with Gasteiger partial charge in [0.2, 0.25) is 5.95 Å². The van der Waals surface area contributed by atoms with Crippen LogP contribution in [0.1, 0.15) is 10.5 Å². The molecule has 9 heteroatoms. The fourth-order valence-corrected chi connectivity index (χ4v) is 2.59. The summed E-state index contributed by atoms with van der Waals surface area (Å²) in [4.78, 5) is 22.2. The van der Waals surface area contributed by atoms with E-state index in [4.69, 9.17) is 31.5 Å². The molecule has 25 heavy (non-hydrogen) atoms. The first-order valence-corrected chi connectivity index (χ1v) is 7.99. The summed E-state index contributed by atoms with van der Waals surface area (Å²) in [5, 5.41) is -0.00352. The number of amides is 1. The van der Waals surface area contributed by atoms with Crippen LogP contribution in [0.4, 0.5) is 5.95 Å². The molecule has 132 valence electrons. The Morgan fingerprint density at radius 1 is 1.24 bits per heavy atom. The number of hydrogen-bond acceptors (Lipinski definition) is 7. The molecule has 0 saturated carbocycles. The molecule has 0 radical (unpaired) electrons. The highest BCUT2D eigenvalue weighted by molar-refractivity contribution is 6.31. The van der Waals surface area contributed by atoms with Gasteiger partial charge in [-0.05, 0) is 12.1 Å². The Bertz CT molecular complexity index is 781. The quantitative estimate of drug-likeness (QED) is 0.808. The van der Waals surface area contributed by atoms with Gasteiger partial charge < -0.3 is 24.8 Å². The number of nitrogens with zero attached hydrogens (tertiary/aromatic N) is 3. The maximum absolute atomic E-state index is 11.9. The highest BCUT2D eigenvalue weighted by atomic mass is 35.5. The summed E-state index contributed by atoms with van der Waals surface area (Å²) in [6, 6.07) is 6.95. The summed E-state index contributed by atoms with van der Waals surface area (Å²) in [6.07, 6.45) is 0. The third-order valence-corrected chi connectivity index (χ3v) is 3.88. The van der Waals surface area contributed by atoms with E-state index in [-0.39, 0.29) is 16.6 Å². The zero-order chi connectivity index (χ0) is 17.8. The molecule has 0 unspecified atom stereocenters. The van der Waals surface area contributed by atoms with Gasteiger partial charge in [-0.1, -0.05) is 23.7 Å². The van der Waals surface area contributed by atoms with Crippen molar-refractivity contribution in [2.24, 2.45) is 5.73 Å². The van der Waals surface area contributed by atoms with Crippen LogP contribution in [-0.2, 0) is 4.74 Å². The number of ether oxygens (including phenoxy) is 3. The fourth-order valence-electron chi connectivity index (χ4n) is 2.39. The van der Waals surface area contributed by atoms with E-state index >= 15 is 0 Å². The Labute approximate surface area is 149 Å². The van der Waals surface area contributed by atoms with Crippen LogP contribution in [0.3, 0.4) is 0 Å². The summed E-state index contributed by atoms with van der Waals surface area (Å²) >= 11 is 6.26. The molecule has 1 amide bonds. The summed E-state index contributed by atoms with van der Waals surface area (Å²) < 4.78 is 16.3. The van der Waals surface area contributed by atoms with Crippen molar-refractivity contribution < 1.29 is 19.0 Å². The number of hydrogen-bond donors (Lipinski definition) is 1. The van der Waals surface area contributed by atoms with Crippen LogP contribution in [0.5, 0.6) is 17.2 Å². The van der Waals surface area contributed by atoms with Crippen LogP contribution in [0.15, 0.2) is 24.3 Å². The number of benzene rings is 1. The van der Waals surface area contributed by atoms with E-state index in [9.17, 15) is 4.79 Å². The molecule has 1 fully saturated rings. The third kappa shape index (κ3) is 3.75. The van der Waals surface area contributed by atoms with Crippen molar-refractivity contribution in [2.75, 3.05) is 38.3 Å².